The van der Waals surface area contributed by atoms with E-state index in [1.54, 1.807) is 66.7 Å². The summed E-state index contributed by atoms with van der Waals surface area (Å²) in [5, 5.41) is 20.2. The summed E-state index contributed by atoms with van der Waals surface area (Å²) >= 11 is 5.97. The molecule has 3 rings (SSSR count). The number of likely N-dealkylation sites (N-methyl/N-ethyl adjacent to an activating group) is 1. The zero-order chi connectivity index (χ0) is 25.8. The van der Waals surface area contributed by atoms with Crippen molar-refractivity contribution < 1.29 is 13.2 Å². The van der Waals surface area contributed by atoms with E-state index in [0.29, 0.717) is 33.0 Å². The van der Waals surface area contributed by atoms with Crippen LogP contribution >= 0.6 is 11.6 Å². The zero-order valence-corrected chi connectivity index (χ0v) is 20.7. The van der Waals surface area contributed by atoms with Gasteiger partial charge in [-0.1, -0.05) is 48.0 Å². The highest BCUT2D eigenvalue weighted by Gasteiger charge is 2.29. The van der Waals surface area contributed by atoms with E-state index < -0.39 is 22.0 Å². The van der Waals surface area contributed by atoms with E-state index in [9.17, 15) is 18.5 Å². The molecule has 3 aromatic rings. The maximum atomic E-state index is 13.2. The number of nitrogens with zero attached hydrogens (tertiary/aromatic N) is 2. The van der Waals surface area contributed by atoms with Crippen molar-refractivity contribution in [2.45, 2.75) is 12.5 Å². The van der Waals surface area contributed by atoms with Gasteiger partial charge in [0.05, 0.1) is 17.9 Å². The van der Waals surface area contributed by atoms with Crippen LogP contribution in [0.2, 0.25) is 5.02 Å². The first-order chi connectivity index (χ1) is 16.5. The number of carbonyl (C=O) groups is 1. The molecule has 0 bridgehead atoms. The summed E-state index contributed by atoms with van der Waals surface area (Å²) in [4.78, 5) is 13.2. The third-order valence-corrected chi connectivity index (χ3v) is 7.03. The number of halogens is 1. The van der Waals surface area contributed by atoms with Crippen LogP contribution in [-0.2, 0) is 21.2 Å². The Hall–Kier alpha value is -3.71. The minimum Gasteiger partial charge on any atom is -0.384 e. The van der Waals surface area contributed by atoms with Gasteiger partial charge < -0.3 is 11.1 Å². The second-order valence-electron chi connectivity index (χ2n) is 7.98. The number of nitrogen functional groups attached to an aromatic ring is 1. The van der Waals surface area contributed by atoms with E-state index in [1.165, 1.54) is 7.05 Å². The van der Waals surface area contributed by atoms with Crippen LogP contribution in [0.1, 0.15) is 16.7 Å². The van der Waals surface area contributed by atoms with Gasteiger partial charge in [-0.15, -0.1) is 0 Å². The van der Waals surface area contributed by atoms with E-state index in [4.69, 9.17) is 22.7 Å². The summed E-state index contributed by atoms with van der Waals surface area (Å²) in [5.41, 5.74) is 9.07. The average Bonchev–Trinajstić information content (AvgIpc) is 2.82. The minimum absolute atomic E-state index is 0.0882. The number of nitrogens with two attached hydrogens (primary N) is 1. The van der Waals surface area contributed by atoms with Crippen LogP contribution < -0.4 is 11.1 Å². The van der Waals surface area contributed by atoms with Gasteiger partial charge in [0, 0.05) is 23.3 Å². The summed E-state index contributed by atoms with van der Waals surface area (Å²) in [6, 6.07) is 19.8. The maximum absolute atomic E-state index is 13.2. The molecule has 4 N–H and O–H groups in total. The molecule has 0 heterocycles. The molecule has 0 spiro atoms. The summed E-state index contributed by atoms with van der Waals surface area (Å²) in [5.74, 6) is -0.632. The average molecular weight is 510 g/mol. The van der Waals surface area contributed by atoms with Gasteiger partial charge in [-0.3, -0.25) is 10.2 Å². The molecule has 0 fully saturated rings. The Kier molecular flexibility index (Phi) is 7.92. The molecule has 0 unspecified atom stereocenters. The van der Waals surface area contributed by atoms with Gasteiger partial charge >= 0.3 is 0 Å². The van der Waals surface area contributed by atoms with E-state index in [2.05, 4.69) is 11.4 Å². The molecule has 180 valence electrons. The molecule has 0 aromatic heterocycles. The Morgan fingerprint density at radius 1 is 1.17 bits per heavy atom. The number of nitrogens with one attached hydrogen (secondary N) is 2. The Labute approximate surface area is 209 Å². The molecule has 0 aliphatic heterocycles. The largest absolute Gasteiger partial charge is 0.384 e. The molecule has 0 aliphatic carbocycles. The van der Waals surface area contributed by atoms with E-state index in [-0.39, 0.29) is 12.3 Å². The van der Waals surface area contributed by atoms with Crippen LogP contribution in [-0.4, -0.2) is 43.8 Å². The zero-order valence-electron chi connectivity index (χ0n) is 19.1. The van der Waals surface area contributed by atoms with Gasteiger partial charge in [-0.05, 0) is 53.4 Å². The molecule has 0 saturated heterocycles. The minimum atomic E-state index is -3.68. The standard InChI is InChI=1S/C25H24ClN5O3S/c1-31(35(2,33)34)23(13-16-4-3-5-18(12-16)24(28)29)25(32)30-21-9-6-17(7-10-21)22-11-8-20(26)14-19(22)15-27/h3-12,14,23H,13H2,1-2H3,(H3,28,29)(H,30,32)/t23-/m0/s1. The molecule has 3 aromatic carbocycles. The molecule has 10 heteroatoms. The highest BCUT2D eigenvalue weighted by Crippen LogP contribution is 2.27. The van der Waals surface area contributed by atoms with Crippen LogP contribution in [0.25, 0.3) is 11.1 Å². The van der Waals surface area contributed by atoms with E-state index in [0.717, 1.165) is 16.1 Å². The van der Waals surface area contributed by atoms with Crippen molar-refractivity contribution in [1.29, 1.82) is 10.7 Å². The number of sulfonamides is 1. The third kappa shape index (κ3) is 6.45. The Balaban J connectivity index is 1.85. The highest BCUT2D eigenvalue weighted by atomic mass is 35.5. The molecule has 0 aliphatic rings. The molecule has 1 amide bonds. The number of rotatable bonds is 8. The normalized spacial score (nSPS) is 12.1. The molecule has 35 heavy (non-hydrogen) atoms. The Bertz CT molecular complexity index is 1420. The highest BCUT2D eigenvalue weighted by molar-refractivity contribution is 7.88. The predicted octanol–water partition coefficient (Wildman–Crippen LogP) is 3.60. The lowest BCUT2D eigenvalue weighted by molar-refractivity contribution is -0.119. The second kappa shape index (κ2) is 10.7. The smallest absolute Gasteiger partial charge is 0.243 e. The van der Waals surface area contributed by atoms with E-state index in [1.807, 2.05) is 0 Å². The fourth-order valence-corrected chi connectivity index (χ4v) is 4.33. The van der Waals surface area contributed by atoms with Gasteiger partial charge in [0.15, 0.2) is 0 Å². The van der Waals surface area contributed by atoms with Crippen molar-refractivity contribution in [3.05, 3.63) is 88.4 Å². The molecular weight excluding hydrogens is 486 g/mol. The Morgan fingerprint density at radius 3 is 2.46 bits per heavy atom. The first kappa shape index (κ1) is 25.9. The molecule has 0 saturated carbocycles. The van der Waals surface area contributed by atoms with Crippen LogP contribution in [0.3, 0.4) is 0 Å². The number of amidine groups is 1. The number of hydrogen-bond donors (Lipinski definition) is 3. The van der Waals surface area contributed by atoms with Gasteiger partial charge in [0.1, 0.15) is 11.9 Å². The topological polar surface area (TPSA) is 140 Å². The second-order valence-corrected chi connectivity index (χ2v) is 10.5. The van der Waals surface area contributed by atoms with Crippen LogP contribution in [0, 0.1) is 16.7 Å². The first-order valence-electron chi connectivity index (χ1n) is 10.5. The number of benzene rings is 3. The summed E-state index contributed by atoms with van der Waals surface area (Å²) in [6.45, 7) is 0. The van der Waals surface area contributed by atoms with Crippen LogP contribution in [0.5, 0.6) is 0 Å². The summed E-state index contributed by atoms with van der Waals surface area (Å²) in [7, 11) is -2.33. The lowest BCUT2D eigenvalue weighted by atomic mass is 10.00. The van der Waals surface area contributed by atoms with Crippen molar-refractivity contribution in [2.24, 2.45) is 5.73 Å². The lowest BCUT2D eigenvalue weighted by Gasteiger charge is -2.25. The third-order valence-electron chi connectivity index (χ3n) is 5.50. The fraction of sp³-hybridized carbons (Fsp3) is 0.160. The summed E-state index contributed by atoms with van der Waals surface area (Å²) in [6.07, 6.45) is 1.12. The number of anilines is 1. The number of amides is 1. The number of nitriles is 1. The maximum Gasteiger partial charge on any atom is 0.243 e. The SMILES string of the molecule is CN([C@@H](Cc1cccc(C(=N)N)c1)C(=O)Nc1ccc(-c2ccc(Cl)cc2C#N)cc1)S(C)(=O)=O. The fourth-order valence-electron chi connectivity index (χ4n) is 3.53. The van der Waals surface area contributed by atoms with Crippen LogP contribution in [0.15, 0.2) is 66.7 Å². The van der Waals surface area contributed by atoms with Gasteiger partial charge in [-0.2, -0.15) is 9.57 Å². The first-order valence-corrected chi connectivity index (χ1v) is 12.7. The van der Waals surface area contributed by atoms with Crippen molar-refractivity contribution in [2.75, 3.05) is 18.6 Å². The van der Waals surface area contributed by atoms with Crippen molar-refractivity contribution >= 4 is 39.1 Å². The van der Waals surface area contributed by atoms with Crippen molar-refractivity contribution in [3.8, 4) is 17.2 Å². The molecule has 8 nitrogen and oxygen atoms in total. The predicted molar refractivity (Wildman–Crippen MR) is 138 cm³/mol. The molecule has 0 radical (unpaired) electrons. The molecule has 1 atom stereocenters. The van der Waals surface area contributed by atoms with Gasteiger partial charge in [0.25, 0.3) is 0 Å². The van der Waals surface area contributed by atoms with Gasteiger partial charge in [-0.25, -0.2) is 8.42 Å². The van der Waals surface area contributed by atoms with Crippen molar-refractivity contribution in [3.63, 3.8) is 0 Å². The summed E-state index contributed by atoms with van der Waals surface area (Å²) < 4.78 is 25.5. The number of carbonyl (C=O) groups excluding carboxylic acids is 1. The Morgan fingerprint density at radius 2 is 1.86 bits per heavy atom. The lowest BCUT2D eigenvalue weighted by Crippen LogP contribution is -2.46. The number of hydrogen-bond acceptors (Lipinski definition) is 5. The van der Waals surface area contributed by atoms with Gasteiger partial charge in [0.2, 0.25) is 15.9 Å². The quantitative estimate of drug-likeness (QED) is 0.314. The van der Waals surface area contributed by atoms with Crippen molar-refractivity contribution in [1.82, 2.24) is 4.31 Å². The van der Waals surface area contributed by atoms with E-state index >= 15 is 0 Å². The monoisotopic (exact) mass is 509 g/mol. The molecular formula is C25H24ClN5O3S. The van der Waals surface area contributed by atoms with Crippen LogP contribution in [0.4, 0.5) is 5.69 Å².